The van der Waals surface area contributed by atoms with Crippen molar-refractivity contribution in [3.8, 4) is 0 Å². The predicted molar refractivity (Wildman–Crippen MR) is 26.1 cm³/mol. The lowest BCUT2D eigenvalue weighted by molar-refractivity contribution is 0.0294. The van der Waals surface area contributed by atoms with Crippen LogP contribution in [0.25, 0.3) is 0 Å². The monoisotopic (exact) mass is 154 g/mol. The Kier molecular flexibility index (Phi) is 0.709. The third-order valence-electron chi connectivity index (χ3n) is 2.82. The van der Waals surface area contributed by atoms with Crippen molar-refractivity contribution in [1.82, 2.24) is 0 Å². The van der Waals surface area contributed by atoms with Gasteiger partial charge in [-0.3, -0.25) is 0 Å². The fourth-order valence-corrected chi connectivity index (χ4v) is 1.78. The van der Waals surface area contributed by atoms with Crippen molar-refractivity contribution in [3.63, 3.8) is 0 Å². The summed E-state index contributed by atoms with van der Waals surface area (Å²) in [6, 6.07) is 0. The summed E-state index contributed by atoms with van der Waals surface area (Å²) in [5.74, 6) is -7.30. The molecule has 2 rings (SSSR count). The first-order valence-electron chi connectivity index (χ1n) is 3.12. The van der Waals surface area contributed by atoms with Gasteiger partial charge in [-0.25, -0.2) is 17.6 Å². The fourth-order valence-electron chi connectivity index (χ4n) is 1.78. The summed E-state index contributed by atoms with van der Waals surface area (Å²) in [6.07, 6.45) is -0.617. The van der Waals surface area contributed by atoms with E-state index in [9.17, 15) is 17.6 Å². The zero-order valence-corrected chi connectivity index (χ0v) is 5.30. The molecule has 0 bridgehead atoms. The number of hydrogen-bond donors (Lipinski definition) is 0. The molecule has 2 aliphatic rings. The van der Waals surface area contributed by atoms with E-state index < -0.39 is 29.6 Å². The maximum Gasteiger partial charge on any atom is 0.263 e. The highest BCUT2D eigenvalue weighted by Crippen LogP contribution is 2.86. The van der Waals surface area contributed by atoms with Gasteiger partial charge in [-0.15, -0.1) is 0 Å². The Labute approximate surface area is 55.2 Å². The second-order valence-corrected chi connectivity index (χ2v) is 3.20. The number of hydrogen-bond acceptors (Lipinski definition) is 0. The fraction of sp³-hybridized carbons (Fsp3) is 1.00. The lowest BCUT2D eigenvalue weighted by Crippen LogP contribution is -2.02. The molecule has 2 atom stereocenters. The van der Waals surface area contributed by atoms with E-state index in [1.165, 1.54) is 6.92 Å². The van der Waals surface area contributed by atoms with Crippen LogP contribution in [0.2, 0.25) is 0 Å². The zero-order chi connectivity index (χ0) is 7.78. The summed E-state index contributed by atoms with van der Waals surface area (Å²) in [5.41, 5.74) is -1.92. The van der Waals surface area contributed by atoms with Crippen LogP contribution in [0.15, 0.2) is 0 Å². The smallest absolute Gasteiger partial charge is 0.206 e. The Morgan fingerprint density at radius 1 is 1.20 bits per heavy atom. The third kappa shape index (κ3) is 0.346. The van der Waals surface area contributed by atoms with Crippen molar-refractivity contribution in [2.24, 2.45) is 11.3 Å². The van der Waals surface area contributed by atoms with Gasteiger partial charge in [0.1, 0.15) is 5.41 Å². The first-order valence-corrected chi connectivity index (χ1v) is 3.12. The third-order valence-corrected chi connectivity index (χ3v) is 2.82. The number of rotatable bonds is 0. The SMILES string of the molecule is CC1C(F)(F)C12CC2(F)F. The van der Waals surface area contributed by atoms with E-state index in [4.69, 9.17) is 0 Å². The molecule has 0 aromatic rings. The Morgan fingerprint density at radius 3 is 1.50 bits per heavy atom. The van der Waals surface area contributed by atoms with Crippen LogP contribution < -0.4 is 0 Å². The van der Waals surface area contributed by atoms with Crippen molar-refractivity contribution in [2.75, 3.05) is 0 Å². The van der Waals surface area contributed by atoms with Gasteiger partial charge >= 0.3 is 0 Å². The molecular formula is C6H6F4. The van der Waals surface area contributed by atoms with E-state index >= 15 is 0 Å². The van der Waals surface area contributed by atoms with Gasteiger partial charge in [-0.2, -0.15) is 0 Å². The molecule has 10 heavy (non-hydrogen) atoms. The van der Waals surface area contributed by atoms with E-state index in [2.05, 4.69) is 0 Å². The lowest BCUT2D eigenvalue weighted by Gasteiger charge is -1.90. The van der Waals surface area contributed by atoms with Gasteiger partial charge in [0.05, 0.1) is 0 Å². The Morgan fingerprint density at radius 2 is 1.50 bits per heavy atom. The predicted octanol–water partition coefficient (Wildman–Crippen LogP) is 2.30. The largest absolute Gasteiger partial charge is 0.263 e. The van der Waals surface area contributed by atoms with E-state index in [1.54, 1.807) is 0 Å². The standard InChI is InChI=1S/C6H6F4/c1-3-4(6(3,9)10)2-5(4,7)8/h3H,2H2,1H3. The Hall–Kier alpha value is -0.280. The van der Waals surface area contributed by atoms with Gasteiger partial charge in [0.2, 0.25) is 0 Å². The highest BCUT2D eigenvalue weighted by molar-refractivity contribution is 5.33. The van der Waals surface area contributed by atoms with Crippen LogP contribution in [0.4, 0.5) is 17.6 Å². The van der Waals surface area contributed by atoms with Gasteiger partial charge in [0, 0.05) is 12.3 Å². The first-order chi connectivity index (χ1) is 4.36. The van der Waals surface area contributed by atoms with Crippen molar-refractivity contribution in [3.05, 3.63) is 0 Å². The molecular weight excluding hydrogens is 148 g/mol. The summed E-state index contributed by atoms with van der Waals surface area (Å²) < 4.78 is 49.2. The summed E-state index contributed by atoms with van der Waals surface area (Å²) in [6.45, 7) is 1.18. The number of halogens is 4. The highest BCUT2D eigenvalue weighted by Gasteiger charge is 2.98. The minimum Gasteiger partial charge on any atom is -0.206 e. The van der Waals surface area contributed by atoms with Gasteiger partial charge in [-0.1, -0.05) is 6.92 Å². The average molecular weight is 154 g/mol. The van der Waals surface area contributed by atoms with E-state index in [1.807, 2.05) is 0 Å². The summed E-state index contributed by atoms with van der Waals surface area (Å²) in [5, 5.41) is 0. The first kappa shape index (κ1) is 6.43. The normalized spacial score (nSPS) is 53.1. The lowest BCUT2D eigenvalue weighted by atomic mass is 10.3. The zero-order valence-electron chi connectivity index (χ0n) is 5.30. The van der Waals surface area contributed by atoms with E-state index in [0.717, 1.165) is 0 Å². The molecule has 0 saturated heterocycles. The molecule has 2 aliphatic carbocycles. The van der Waals surface area contributed by atoms with Crippen molar-refractivity contribution >= 4 is 0 Å². The summed E-state index contributed by atoms with van der Waals surface area (Å²) >= 11 is 0. The molecule has 0 radical (unpaired) electrons. The quantitative estimate of drug-likeness (QED) is 0.469. The topological polar surface area (TPSA) is 0 Å². The van der Waals surface area contributed by atoms with Crippen LogP contribution in [-0.4, -0.2) is 11.8 Å². The summed E-state index contributed by atoms with van der Waals surface area (Å²) in [7, 11) is 0. The maximum atomic E-state index is 12.4. The van der Waals surface area contributed by atoms with Gasteiger partial charge < -0.3 is 0 Å². The molecule has 1 spiro atoms. The molecule has 4 heteroatoms. The summed E-state index contributed by atoms with van der Waals surface area (Å²) in [4.78, 5) is 0. The van der Waals surface area contributed by atoms with Crippen LogP contribution in [0, 0.1) is 11.3 Å². The van der Waals surface area contributed by atoms with Crippen molar-refractivity contribution in [2.45, 2.75) is 25.2 Å². The average Bonchev–Trinajstić information content (AvgIpc) is 2.43. The second-order valence-electron chi connectivity index (χ2n) is 3.20. The minimum atomic E-state index is -3.10. The molecule has 0 amide bonds. The van der Waals surface area contributed by atoms with E-state index in [0.29, 0.717) is 0 Å². The van der Waals surface area contributed by atoms with Crippen LogP contribution in [-0.2, 0) is 0 Å². The molecule has 2 fully saturated rings. The molecule has 0 N–H and O–H groups in total. The molecule has 2 unspecified atom stereocenters. The van der Waals surface area contributed by atoms with E-state index in [-0.39, 0.29) is 0 Å². The van der Waals surface area contributed by atoms with Crippen molar-refractivity contribution in [1.29, 1.82) is 0 Å². The van der Waals surface area contributed by atoms with Crippen LogP contribution >= 0.6 is 0 Å². The Bertz CT molecular complexity index is 198. The van der Waals surface area contributed by atoms with Crippen molar-refractivity contribution < 1.29 is 17.6 Å². The van der Waals surface area contributed by atoms with Crippen LogP contribution in [0.3, 0.4) is 0 Å². The maximum absolute atomic E-state index is 12.4. The minimum absolute atomic E-state index is 0.617. The molecule has 0 aliphatic heterocycles. The van der Waals surface area contributed by atoms with Gasteiger partial charge in [0.15, 0.2) is 0 Å². The second kappa shape index (κ2) is 1.10. The van der Waals surface area contributed by atoms with Gasteiger partial charge in [0.25, 0.3) is 11.8 Å². The molecule has 0 nitrogen and oxygen atoms in total. The molecule has 58 valence electrons. The van der Waals surface area contributed by atoms with Crippen LogP contribution in [0.5, 0.6) is 0 Å². The molecule has 2 saturated carbocycles. The van der Waals surface area contributed by atoms with Gasteiger partial charge in [-0.05, 0) is 0 Å². The Balaban J connectivity index is 2.28. The molecule has 0 aromatic carbocycles. The highest BCUT2D eigenvalue weighted by atomic mass is 19.3. The van der Waals surface area contributed by atoms with Crippen LogP contribution in [0.1, 0.15) is 13.3 Å². The molecule has 0 aromatic heterocycles. The molecule has 0 heterocycles. The number of alkyl halides is 4.